The molecule has 10 heteroatoms. The maximum absolute atomic E-state index is 12.0. The van der Waals surface area contributed by atoms with Crippen LogP contribution in [0.5, 0.6) is 0 Å². The van der Waals surface area contributed by atoms with Crippen molar-refractivity contribution in [2.24, 2.45) is 0 Å². The number of ether oxygens (including phenoxy) is 2. The second-order valence-corrected chi connectivity index (χ2v) is 8.72. The first-order chi connectivity index (χ1) is 18.0. The molecule has 0 aliphatic rings. The van der Waals surface area contributed by atoms with Crippen molar-refractivity contribution >= 4 is 23.8 Å². The SMILES string of the molecule is Cc1ccc(CNc2nc(NCCOCCOCCNC(=O)c3ccccc3)nc(NC(C)C)n2)cc1. The smallest absolute Gasteiger partial charge is 0.251 e. The van der Waals surface area contributed by atoms with Gasteiger partial charge in [-0.05, 0) is 38.5 Å². The summed E-state index contributed by atoms with van der Waals surface area (Å²) < 4.78 is 11.1. The molecule has 0 atom stereocenters. The predicted molar refractivity (Wildman–Crippen MR) is 146 cm³/mol. The fourth-order valence-electron chi connectivity index (χ4n) is 3.23. The standard InChI is InChI=1S/C27H37N7O3/c1-20(2)31-27-33-25(32-26(34-27)30-19-22-11-9-21(3)10-12-22)29-14-16-37-18-17-36-15-13-28-24(35)23-7-5-4-6-8-23/h4-12,20H,13-19H2,1-3H3,(H,28,35)(H3,29,30,31,32,33,34). The van der Waals surface area contributed by atoms with Crippen molar-refractivity contribution in [3.05, 3.63) is 71.3 Å². The number of amides is 1. The quantitative estimate of drug-likeness (QED) is 0.216. The number of carbonyl (C=O) groups excluding carboxylic acids is 1. The Morgan fingerprint density at radius 1 is 0.784 bits per heavy atom. The van der Waals surface area contributed by atoms with Crippen LogP contribution in [0.1, 0.15) is 35.3 Å². The zero-order chi connectivity index (χ0) is 26.3. The summed E-state index contributed by atoms with van der Waals surface area (Å²) in [6.07, 6.45) is 0. The predicted octanol–water partition coefficient (Wildman–Crippen LogP) is 3.49. The molecular formula is C27H37N7O3. The van der Waals surface area contributed by atoms with E-state index in [0.717, 1.165) is 5.56 Å². The number of aromatic nitrogens is 3. The lowest BCUT2D eigenvalue weighted by molar-refractivity contribution is 0.0519. The summed E-state index contributed by atoms with van der Waals surface area (Å²) in [6.45, 7) is 9.52. The van der Waals surface area contributed by atoms with E-state index in [-0.39, 0.29) is 11.9 Å². The molecule has 1 aromatic heterocycles. The van der Waals surface area contributed by atoms with Crippen molar-refractivity contribution in [2.75, 3.05) is 55.5 Å². The summed E-state index contributed by atoms with van der Waals surface area (Å²) in [5.74, 6) is 1.37. The maximum Gasteiger partial charge on any atom is 0.251 e. The highest BCUT2D eigenvalue weighted by Gasteiger charge is 2.08. The monoisotopic (exact) mass is 507 g/mol. The van der Waals surface area contributed by atoms with E-state index in [1.54, 1.807) is 12.1 Å². The summed E-state index contributed by atoms with van der Waals surface area (Å²) in [5.41, 5.74) is 3.01. The molecule has 0 aliphatic carbocycles. The average molecular weight is 508 g/mol. The second kappa shape index (κ2) is 15.4. The maximum atomic E-state index is 12.0. The van der Waals surface area contributed by atoms with Gasteiger partial charge in [-0.25, -0.2) is 0 Å². The Kier molecular flexibility index (Phi) is 11.6. The van der Waals surface area contributed by atoms with Crippen LogP contribution in [0.2, 0.25) is 0 Å². The van der Waals surface area contributed by atoms with Crippen molar-refractivity contribution in [2.45, 2.75) is 33.4 Å². The van der Waals surface area contributed by atoms with Gasteiger partial charge in [0.15, 0.2) is 0 Å². The third-order valence-electron chi connectivity index (χ3n) is 5.09. The Morgan fingerprint density at radius 2 is 1.41 bits per heavy atom. The van der Waals surface area contributed by atoms with Gasteiger partial charge >= 0.3 is 0 Å². The van der Waals surface area contributed by atoms with Crippen LogP contribution in [0.3, 0.4) is 0 Å². The number of aryl methyl sites for hydroxylation is 1. The van der Waals surface area contributed by atoms with E-state index in [1.807, 2.05) is 32.0 Å². The molecule has 198 valence electrons. The molecule has 4 N–H and O–H groups in total. The van der Waals surface area contributed by atoms with Crippen molar-refractivity contribution in [3.8, 4) is 0 Å². The van der Waals surface area contributed by atoms with Gasteiger partial charge in [0.05, 0.1) is 26.4 Å². The van der Waals surface area contributed by atoms with Crippen LogP contribution in [-0.2, 0) is 16.0 Å². The summed E-state index contributed by atoms with van der Waals surface area (Å²) in [4.78, 5) is 25.3. The summed E-state index contributed by atoms with van der Waals surface area (Å²) >= 11 is 0. The van der Waals surface area contributed by atoms with E-state index in [1.165, 1.54) is 5.56 Å². The molecule has 0 saturated carbocycles. The largest absolute Gasteiger partial charge is 0.377 e. The second-order valence-electron chi connectivity index (χ2n) is 8.72. The van der Waals surface area contributed by atoms with Gasteiger partial charge in [-0.3, -0.25) is 4.79 Å². The van der Waals surface area contributed by atoms with E-state index in [2.05, 4.69) is 67.4 Å². The number of carbonyl (C=O) groups is 1. The van der Waals surface area contributed by atoms with Gasteiger partial charge in [0.2, 0.25) is 17.8 Å². The summed E-state index contributed by atoms with van der Waals surface area (Å²) in [7, 11) is 0. The minimum atomic E-state index is -0.106. The third-order valence-corrected chi connectivity index (χ3v) is 5.09. The lowest BCUT2D eigenvalue weighted by Crippen LogP contribution is -2.27. The molecule has 10 nitrogen and oxygen atoms in total. The van der Waals surface area contributed by atoms with Crippen molar-refractivity contribution in [3.63, 3.8) is 0 Å². The number of anilines is 3. The minimum absolute atomic E-state index is 0.106. The molecule has 2 aromatic carbocycles. The molecule has 0 fully saturated rings. The number of nitrogens with one attached hydrogen (secondary N) is 4. The number of nitrogens with zero attached hydrogens (tertiary/aromatic N) is 3. The first kappa shape index (κ1) is 27.8. The van der Waals surface area contributed by atoms with Gasteiger partial charge < -0.3 is 30.7 Å². The Balaban J connectivity index is 1.32. The topological polar surface area (TPSA) is 122 Å². The van der Waals surface area contributed by atoms with E-state index in [4.69, 9.17) is 9.47 Å². The number of benzene rings is 2. The van der Waals surface area contributed by atoms with Gasteiger partial charge in [-0.1, -0.05) is 48.0 Å². The Bertz CT molecular complexity index is 1080. The van der Waals surface area contributed by atoms with E-state index < -0.39 is 0 Å². The number of hydrogen-bond acceptors (Lipinski definition) is 9. The van der Waals surface area contributed by atoms with Crippen LogP contribution in [0.25, 0.3) is 0 Å². The van der Waals surface area contributed by atoms with Gasteiger partial charge in [0, 0.05) is 31.2 Å². The van der Waals surface area contributed by atoms with Crippen molar-refractivity contribution in [1.82, 2.24) is 20.3 Å². The molecule has 1 amide bonds. The van der Waals surface area contributed by atoms with Gasteiger partial charge in [0.25, 0.3) is 5.91 Å². The lowest BCUT2D eigenvalue weighted by atomic mass is 10.1. The molecule has 3 rings (SSSR count). The molecule has 0 unspecified atom stereocenters. The fraction of sp³-hybridized carbons (Fsp3) is 0.407. The molecule has 37 heavy (non-hydrogen) atoms. The zero-order valence-electron chi connectivity index (χ0n) is 21.8. The molecule has 0 spiro atoms. The van der Waals surface area contributed by atoms with Crippen LogP contribution in [0, 0.1) is 6.92 Å². The molecular weight excluding hydrogens is 470 g/mol. The first-order valence-corrected chi connectivity index (χ1v) is 12.5. The highest BCUT2D eigenvalue weighted by Crippen LogP contribution is 2.12. The highest BCUT2D eigenvalue weighted by molar-refractivity contribution is 5.94. The normalized spacial score (nSPS) is 10.8. The lowest BCUT2D eigenvalue weighted by Gasteiger charge is -2.13. The molecule has 1 heterocycles. The van der Waals surface area contributed by atoms with Gasteiger partial charge in [-0.15, -0.1) is 0 Å². The first-order valence-electron chi connectivity index (χ1n) is 12.5. The van der Waals surface area contributed by atoms with Crippen LogP contribution in [-0.4, -0.2) is 66.4 Å². The average Bonchev–Trinajstić information content (AvgIpc) is 2.89. The van der Waals surface area contributed by atoms with E-state index >= 15 is 0 Å². The number of rotatable bonds is 16. The molecule has 0 bridgehead atoms. The minimum Gasteiger partial charge on any atom is -0.377 e. The van der Waals surface area contributed by atoms with Crippen LogP contribution < -0.4 is 21.3 Å². The summed E-state index contributed by atoms with van der Waals surface area (Å²) in [5, 5.41) is 12.5. The molecule has 0 aliphatic heterocycles. The van der Waals surface area contributed by atoms with E-state index in [9.17, 15) is 4.79 Å². The zero-order valence-corrected chi connectivity index (χ0v) is 21.8. The van der Waals surface area contributed by atoms with Gasteiger partial charge in [-0.2, -0.15) is 15.0 Å². The van der Waals surface area contributed by atoms with Crippen molar-refractivity contribution in [1.29, 1.82) is 0 Å². The van der Waals surface area contributed by atoms with Crippen LogP contribution in [0.4, 0.5) is 17.8 Å². The Labute approximate surface area is 218 Å². The van der Waals surface area contributed by atoms with E-state index in [0.29, 0.717) is 69.5 Å². The summed E-state index contributed by atoms with van der Waals surface area (Å²) in [6, 6.07) is 17.6. The Hall–Kier alpha value is -3.76. The van der Waals surface area contributed by atoms with Crippen LogP contribution >= 0.6 is 0 Å². The molecule has 0 radical (unpaired) electrons. The molecule has 3 aromatic rings. The Morgan fingerprint density at radius 3 is 2.08 bits per heavy atom. The third kappa shape index (κ3) is 10.8. The highest BCUT2D eigenvalue weighted by atomic mass is 16.5. The van der Waals surface area contributed by atoms with Gasteiger partial charge in [0.1, 0.15) is 0 Å². The van der Waals surface area contributed by atoms with Crippen LogP contribution in [0.15, 0.2) is 54.6 Å². The fourth-order valence-corrected chi connectivity index (χ4v) is 3.23. The van der Waals surface area contributed by atoms with Crippen molar-refractivity contribution < 1.29 is 14.3 Å². The number of hydrogen-bond donors (Lipinski definition) is 4. The molecule has 0 saturated heterocycles.